The van der Waals surface area contributed by atoms with Crippen LogP contribution in [0.3, 0.4) is 0 Å². The van der Waals surface area contributed by atoms with Gasteiger partial charge in [-0.15, -0.1) is 0 Å². The number of rotatable bonds is 6. The van der Waals surface area contributed by atoms with Gasteiger partial charge in [-0.2, -0.15) is 5.10 Å². The number of phenols is 1. The minimum atomic E-state index is -0.946. The second kappa shape index (κ2) is 8.38. The van der Waals surface area contributed by atoms with E-state index in [4.69, 9.17) is 4.74 Å². The van der Waals surface area contributed by atoms with E-state index in [0.29, 0.717) is 6.54 Å². The number of nitro benzene ring substituents is 1. The van der Waals surface area contributed by atoms with Crippen LogP contribution >= 0.6 is 0 Å². The third-order valence-electron chi connectivity index (χ3n) is 4.57. The summed E-state index contributed by atoms with van der Waals surface area (Å²) < 4.78 is 4.91. The zero-order valence-corrected chi connectivity index (χ0v) is 15.4. The Morgan fingerprint density at radius 1 is 1.38 bits per heavy atom. The van der Waals surface area contributed by atoms with Crippen molar-refractivity contribution in [3.63, 3.8) is 0 Å². The van der Waals surface area contributed by atoms with Crippen LogP contribution in [-0.2, 0) is 9.59 Å². The van der Waals surface area contributed by atoms with Gasteiger partial charge in [0.2, 0.25) is 11.7 Å². The monoisotopic (exact) mass is 398 g/mol. The highest BCUT2D eigenvalue weighted by atomic mass is 16.6. The van der Waals surface area contributed by atoms with Gasteiger partial charge in [-0.1, -0.05) is 30.3 Å². The molecular weight excluding hydrogens is 380 g/mol. The molecule has 2 atom stereocenters. The predicted octanol–water partition coefficient (Wildman–Crippen LogP) is 1.29. The molecule has 0 aromatic heterocycles. The van der Waals surface area contributed by atoms with Gasteiger partial charge in [0.05, 0.1) is 18.2 Å². The fraction of sp³-hybridized carbons (Fsp3) is 0.211. The third-order valence-corrected chi connectivity index (χ3v) is 4.57. The number of hydrogen-bond donors (Lipinski definition) is 3. The molecule has 1 saturated heterocycles. The van der Waals surface area contributed by atoms with Crippen LogP contribution in [0.5, 0.6) is 11.5 Å². The first kappa shape index (κ1) is 19.8. The summed E-state index contributed by atoms with van der Waals surface area (Å²) in [6, 6.07) is 11.6. The fourth-order valence-corrected chi connectivity index (χ4v) is 3.16. The summed E-state index contributed by atoms with van der Waals surface area (Å²) in [5.74, 6) is -2.97. The molecule has 3 rings (SSSR count). The second-order valence-electron chi connectivity index (χ2n) is 6.32. The van der Waals surface area contributed by atoms with E-state index < -0.39 is 34.1 Å². The molecule has 2 aromatic rings. The Bertz CT molecular complexity index is 976. The van der Waals surface area contributed by atoms with Crippen molar-refractivity contribution >= 4 is 23.7 Å². The molecule has 2 aromatic carbocycles. The number of methoxy groups -OCH3 is 1. The van der Waals surface area contributed by atoms with Crippen LogP contribution in [0, 0.1) is 16.0 Å². The summed E-state index contributed by atoms with van der Waals surface area (Å²) in [5.41, 5.74) is 2.82. The third kappa shape index (κ3) is 4.15. The Morgan fingerprint density at radius 2 is 2.10 bits per heavy atom. The molecule has 0 aliphatic carbocycles. The number of nitrogens with zero attached hydrogens (tertiary/aromatic N) is 2. The van der Waals surface area contributed by atoms with Crippen molar-refractivity contribution in [3.8, 4) is 11.5 Å². The largest absolute Gasteiger partial charge is 0.500 e. The number of nitrogens with one attached hydrogen (secondary N) is 2. The van der Waals surface area contributed by atoms with Crippen molar-refractivity contribution in [3.05, 3.63) is 63.7 Å². The molecular formula is C19H18N4O6. The van der Waals surface area contributed by atoms with E-state index in [1.165, 1.54) is 13.2 Å². The average Bonchev–Trinajstić information content (AvgIpc) is 3.10. The predicted molar refractivity (Wildman–Crippen MR) is 103 cm³/mol. The maximum absolute atomic E-state index is 12.5. The molecule has 10 nitrogen and oxygen atoms in total. The Hall–Kier alpha value is -3.95. The minimum absolute atomic E-state index is 0.105. The number of hydrogen-bond acceptors (Lipinski definition) is 7. The maximum atomic E-state index is 12.5. The lowest BCUT2D eigenvalue weighted by atomic mass is 9.88. The van der Waals surface area contributed by atoms with Gasteiger partial charge in [-0.25, -0.2) is 5.43 Å². The smallest absolute Gasteiger partial charge is 0.315 e. The maximum Gasteiger partial charge on any atom is 0.315 e. The summed E-state index contributed by atoms with van der Waals surface area (Å²) >= 11 is 0. The molecule has 0 saturated carbocycles. The zero-order valence-electron chi connectivity index (χ0n) is 15.4. The number of nitro groups is 1. The number of carbonyl (C=O) groups excluding carboxylic acids is 2. The number of benzene rings is 2. The van der Waals surface area contributed by atoms with E-state index in [1.54, 1.807) is 0 Å². The lowest BCUT2D eigenvalue weighted by molar-refractivity contribution is -0.386. The van der Waals surface area contributed by atoms with E-state index in [-0.39, 0.29) is 17.2 Å². The van der Waals surface area contributed by atoms with Gasteiger partial charge in [0, 0.05) is 24.1 Å². The molecule has 3 N–H and O–H groups in total. The first-order valence-electron chi connectivity index (χ1n) is 8.63. The molecule has 10 heteroatoms. The second-order valence-corrected chi connectivity index (χ2v) is 6.32. The molecule has 2 amide bonds. The van der Waals surface area contributed by atoms with Crippen molar-refractivity contribution < 1.29 is 24.4 Å². The van der Waals surface area contributed by atoms with Gasteiger partial charge < -0.3 is 15.2 Å². The lowest BCUT2D eigenvalue weighted by Gasteiger charge is -2.15. The van der Waals surface area contributed by atoms with Crippen molar-refractivity contribution in [1.29, 1.82) is 0 Å². The number of phenolic OH excluding ortho intramolecular Hbond substituents is 1. The van der Waals surface area contributed by atoms with Crippen molar-refractivity contribution in [2.45, 2.75) is 5.92 Å². The molecule has 0 unspecified atom stereocenters. The summed E-state index contributed by atoms with van der Waals surface area (Å²) in [6.07, 6.45) is 1.16. The molecule has 1 aliphatic heterocycles. The van der Waals surface area contributed by atoms with Crippen LogP contribution in [0.2, 0.25) is 0 Å². The lowest BCUT2D eigenvalue weighted by Crippen LogP contribution is -2.34. The first-order valence-corrected chi connectivity index (χ1v) is 8.63. The van der Waals surface area contributed by atoms with Crippen molar-refractivity contribution in [2.75, 3.05) is 13.7 Å². The van der Waals surface area contributed by atoms with Gasteiger partial charge in [0.25, 0.3) is 5.91 Å². The highest BCUT2D eigenvalue weighted by molar-refractivity contribution is 6.03. The normalized spacial score (nSPS) is 18.4. The molecule has 0 radical (unpaired) electrons. The van der Waals surface area contributed by atoms with Gasteiger partial charge in [-0.3, -0.25) is 19.7 Å². The van der Waals surface area contributed by atoms with Gasteiger partial charge >= 0.3 is 5.69 Å². The molecule has 1 aliphatic rings. The number of hydrazone groups is 1. The molecule has 0 bridgehead atoms. The van der Waals surface area contributed by atoms with Gasteiger partial charge in [-0.05, 0) is 11.6 Å². The molecule has 0 spiro atoms. The first-order chi connectivity index (χ1) is 13.9. The minimum Gasteiger partial charge on any atom is -0.500 e. The fourth-order valence-electron chi connectivity index (χ4n) is 3.16. The standard InChI is InChI=1S/C19H18N4O6/c1-29-15-8-11(7-14(17(15)24)23(27)28)9-21-22-19(26)16-13(10-20-18(16)25)12-5-3-2-4-6-12/h2-9,13,16,24H,10H2,1H3,(H,20,25)(H,22,26)/t13-,16-/m0/s1. The number of carbonyl (C=O) groups is 2. The molecule has 1 fully saturated rings. The average molecular weight is 398 g/mol. The van der Waals surface area contributed by atoms with Crippen LogP contribution in [0.15, 0.2) is 47.6 Å². The summed E-state index contributed by atoms with van der Waals surface area (Å²) in [4.78, 5) is 34.9. The van der Waals surface area contributed by atoms with Crippen molar-refractivity contribution in [1.82, 2.24) is 10.7 Å². The summed E-state index contributed by atoms with van der Waals surface area (Å²) in [6.45, 7) is 0.339. The quantitative estimate of drug-likeness (QED) is 0.290. The van der Waals surface area contributed by atoms with E-state index in [0.717, 1.165) is 17.8 Å². The van der Waals surface area contributed by atoms with Crippen molar-refractivity contribution in [2.24, 2.45) is 11.0 Å². The number of aromatic hydroxyl groups is 1. The number of amides is 2. The zero-order chi connectivity index (χ0) is 21.0. The molecule has 1 heterocycles. The SMILES string of the molecule is COc1cc(C=NNC(=O)[C@@H]2C(=O)NC[C@H]2c2ccccc2)cc([N+](=O)[O-])c1O. The van der Waals surface area contributed by atoms with Gasteiger partial charge in [0.15, 0.2) is 5.75 Å². The Morgan fingerprint density at radius 3 is 2.76 bits per heavy atom. The van der Waals surface area contributed by atoms with E-state index in [9.17, 15) is 24.8 Å². The van der Waals surface area contributed by atoms with Crippen LogP contribution in [0.25, 0.3) is 0 Å². The highest BCUT2D eigenvalue weighted by Gasteiger charge is 2.40. The highest BCUT2D eigenvalue weighted by Crippen LogP contribution is 2.36. The molecule has 150 valence electrons. The van der Waals surface area contributed by atoms with Crippen LogP contribution in [0.1, 0.15) is 17.0 Å². The van der Waals surface area contributed by atoms with Crippen LogP contribution in [0.4, 0.5) is 5.69 Å². The van der Waals surface area contributed by atoms with E-state index >= 15 is 0 Å². The van der Waals surface area contributed by atoms with Gasteiger partial charge in [0.1, 0.15) is 5.92 Å². The van der Waals surface area contributed by atoms with Crippen LogP contribution < -0.4 is 15.5 Å². The van der Waals surface area contributed by atoms with E-state index in [2.05, 4.69) is 15.8 Å². The topological polar surface area (TPSA) is 143 Å². The van der Waals surface area contributed by atoms with E-state index in [1.807, 2.05) is 30.3 Å². The Balaban J connectivity index is 1.76. The van der Waals surface area contributed by atoms with Crippen LogP contribution in [-0.4, -0.2) is 41.7 Å². The summed E-state index contributed by atoms with van der Waals surface area (Å²) in [5, 5.41) is 27.3. The molecule has 29 heavy (non-hydrogen) atoms. The summed E-state index contributed by atoms with van der Waals surface area (Å²) in [7, 11) is 1.25. The Labute approximate surface area is 165 Å². The Kier molecular flexibility index (Phi) is 5.72. The number of ether oxygens (including phenoxy) is 1.